The molecule has 3 heteroatoms. The number of aliphatic hydroxyl groups excluding tert-OH is 1. The highest BCUT2D eigenvalue weighted by atomic mass is 16.5. The molecule has 0 radical (unpaired) electrons. The van der Waals surface area contributed by atoms with Crippen LogP contribution < -0.4 is 4.74 Å². The molecule has 0 heterocycles. The molecule has 2 rings (SSSR count). The Morgan fingerprint density at radius 2 is 1.58 bits per heavy atom. The third-order valence-electron chi connectivity index (χ3n) is 4.73. The fourth-order valence-electron chi connectivity index (χ4n) is 3.02. The minimum absolute atomic E-state index is 0.495. The first-order valence-corrected chi connectivity index (χ1v) is 9.65. The van der Waals surface area contributed by atoms with Gasteiger partial charge < -0.3 is 14.9 Å². The minimum atomic E-state index is -1.44. The van der Waals surface area contributed by atoms with E-state index in [9.17, 15) is 10.2 Å². The summed E-state index contributed by atoms with van der Waals surface area (Å²) >= 11 is 0. The van der Waals surface area contributed by atoms with Crippen molar-refractivity contribution in [2.24, 2.45) is 11.8 Å². The van der Waals surface area contributed by atoms with Crippen molar-refractivity contribution >= 4 is 0 Å². The van der Waals surface area contributed by atoms with Crippen LogP contribution in [0.25, 0.3) is 11.1 Å². The van der Waals surface area contributed by atoms with Crippen molar-refractivity contribution in [3.63, 3.8) is 0 Å². The van der Waals surface area contributed by atoms with Gasteiger partial charge in [-0.2, -0.15) is 0 Å². The molecule has 0 aromatic heterocycles. The predicted octanol–water partition coefficient (Wildman–Crippen LogP) is 5.57. The normalized spacial score (nSPS) is 12.6. The second kappa shape index (κ2) is 10.3. The van der Waals surface area contributed by atoms with Crippen LogP contribution in [0.4, 0.5) is 0 Å². The SMILES string of the molecule is CC(C)CCCC(C)CCOc1ccc(-c2cccc(C(O)O)c2)cc1. The first-order valence-electron chi connectivity index (χ1n) is 9.65. The molecule has 2 aromatic rings. The summed E-state index contributed by atoms with van der Waals surface area (Å²) in [6, 6.07) is 15.2. The third kappa shape index (κ3) is 6.81. The van der Waals surface area contributed by atoms with Crippen LogP contribution in [0.3, 0.4) is 0 Å². The van der Waals surface area contributed by atoms with E-state index in [0.29, 0.717) is 11.5 Å². The van der Waals surface area contributed by atoms with Crippen LogP contribution >= 0.6 is 0 Å². The van der Waals surface area contributed by atoms with Gasteiger partial charge >= 0.3 is 0 Å². The van der Waals surface area contributed by atoms with Crippen LogP contribution in [-0.4, -0.2) is 16.8 Å². The number of benzene rings is 2. The average Bonchev–Trinajstić information content (AvgIpc) is 2.62. The van der Waals surface area contributed by atoms with E-state index in [1.54, 1.807) is 12.1 Å². The molecule has 2 N–H and O–H groups in total. The first-order chi connectivity index (χ1) is 12.5. The largest absolute Gasteiger partial charge is 0.494 e. The Kier molecular flexibility index (Phi) is 8.14. The van der Waals surface area contributed by atoms with Crippen molar-refractivity contribution in [2.75, 3.05) is 6.61 Å². The summed E-state index contributed by atoms with van der Waals surface area (Å²) in [5, 5.41) is 18.6. The first kappa shape index (κ1) is 20.5. The molecule has 1 unspecified atom stereocenters. The van der Waals surface area contributed by atoms with Gasteiger partial charge in [0.15, 0.2) is 6.29 Å². The number of aliphatic hydroxyl groups is 2. The third-order valence-corrected chi connectivity index (χ3v) is 4.73. The Labute approximate surface area is 157 Å². The molecule has 0 amide bonds. The van der Waals surface area contributed by atoms with Gasteiger partial charge in [-0.05, 0) is 47.6 Å². The summed E-state index contributed by atoms with van der Waals surface area (Å²) in [4.78, 5) is 0. The van der Waals surface area contributed by atoms with E-state index in [1.165, 1.54) is 19.3 Å². The lowest BCUT2D eigenvalue weighted by atomic mass is 9.98. The van der Waals surface area contributed by atoms with Gasteiger partial charge in [0.1, 0.15) is 5.75 Å². The van der Waals surface area contributed by atoms with Crippen molar-refractivity contribution in [1.82, 2.24) is 0 Å². The molecular formula is C23H32O3. The monoisotopic (exact) mass is 356 g/mol. The van der Waals surface area contributed by atoms with Crippen molar-refractivity contribution in [3.05, 3.63) is 54.1 Å². The molecule has 142 valence electrons. The van der Waals surface area contributed by atoms with Crippen LogP contribution in [0.2, 0.25) is 0 Å². The number of rotatable bonds is 10. The Morgan fingerprint density at radius 3 is 2.23 bits per heavy atom. The minimum Gasteiger partial charge on any atom is -0.494 e. The zero-order valence-electron chi connectivity index (χ0n) is 16.2. The van der Waals surface area contributed by atoms with Crippen molar-refractivity contribution < 1.29 is 14.9 Å². The molecule has 0 aliphatic carbocycles. The molecule has 26 heavy (non-hydrogen) atoms. The zero-order valence-corrected chi connectivity index (χ0v) is 16.2. The maximum atomic E-state index is 9.30. The van der Waals surface area contributed by atoms with E-state index in [-0.39, 0.29) is 0 Å². The number of hydrogen-bond acceptors (Lipinski definition) is 3. The van der Waals surface area contributed by atoms with E-state index >= 15 is 0 Å². The highest BCUT2D eigenvalue weighted by molar-refractivity contribution is 5.65. The van der Waals surface area contributed by atoms with Crippen LogP contribution in [0.5, 0.6) is 5.75 Å². The zero-order chi connectivity index (χ0) is 18.9. The quantitative estimate of drug-likeness (QED) is 0.547. The molecule has 0 aliphatic heterocycles. The molecule has 2 aromatic carbocycles. The molecule has 3 nitrogen and oxygen atoms in total. The highest BCUT2D eigenvalue weighted by Gasteiger charge is 2.06. The van der Waals surface area contributed by atoms with E-state index in [1.807, 2.05) is 36.4 Å². The maximum absolute atomic E-state index is 9.30. The van der Waals surface area contributed by atoms with Gasteiger partial charge in [0, 0.05) is 5.56 Å². The van der Waals surface area contributed by atoms with Crippen LogP contribution in [0.1, 0.15) is 58.3 Å². The second-order valence-corrected chi connectivity index (χ2v) is 7.59. The smallest absolute Gasteiger partial charge is 0.178 e. The number of hydrogen-bond donors (Lipinski definition) is 2. The lowest BCUT2D eigenvalue weighted by Gasteiger charge is -2.13. The van der Waals surface area contributed by atoms with Gasteiger partial charge in [-0.1, -0.05) is 70.4 Å². The number of ether oxygens (including phenoxy) is 1. The lowest BCUT2D eigenvalue weighted by Crippen LogP contribution is -2.04. The predicted molar refractivity (Wildman–Crippen MR) is 107 cm³/mol. The Hall–Kier alpha value is -1.84. The van der Waals surface area contributed by atoms with Crippen molar-refractivity contribution in [1.29, 1.82) is 0 Å². The standard InChI is InChI=1S/C23H32O3/c1-17(2)6-4-7-18(3)14-15-26-22-12-10-19(11-13-22)20-8-5-9-21(16-20)23(24)25/h5,8-13,16-18,23-25H,4,6-7,14-15H2,1-3H3. The molecule has 0 aliphatic rings. The van der Waals surface area contributed by atoms with Crippen LogP contribution in [0, 0.1) is 11.8 Å². The summed E-state index contributed by atoms with van der Waals surface area (Å²) in [5.41, 5.74) is 2.48. The second-order valence-electron chi connectivity index (χ2n) is 7.59. The molecular weight excluding hydrogens is 324 g/mol. The molecule has 0 saturated heterocycles. The Bertz CT molecular complexity index is 647. The van der Waals surface area contributed by atoms with Gasteiger partial charge in [0.05, 0.1) is 6.61 Å². The summed E-state index contributed by atoms with van der Waals surface area (Å²) in [6.07, 6.45) is 3.51. The maximum Gasteiger partial charge on any atom is 0.178 e. The fraction of sp³-hybridized carbons (Fsp3) is 0.478. The lowest BCUT2D eigenvalue weighted by molar-refractivity contribution is -0.0424. The van der Waals surface area contributed by atoms with Crippen LogP contribution in [-0.2, 0) is 0 Å². The molecule has 0 spiro atoms. The van der Waals surface area contributed by atoms with E-state index in [2.05, 4.69) is 20.8 Å². The van der Waals surface area contributed by atoms with E-state index < -0.39 is 6.29 Å². The summed E-state index contributed by atoms with van der Waals surface area (Å²) < 4.78 is 5.88. The summed E-state index contributed by atoms with van der Waals surface area (Å²) in [7, 11) is 0. The molecule has 0 fully saturated rings. The molecule has 0 saturated carbocycles. The molecule has 1 atom stereocenters. The van der Waals surface area contributed by atoms with Gasteiger partial charge in [0.25, 0.3) is 0 Å². The van der Waals surface area contributed by atoms with Gasteiger partial charge in [0.2, 0.25) is 0 Å². The van der Waals surface area contributed by atoms with Gasteiger partial charge in [-0.3, -0.25) is 0 Å². The van der Waals surface area contributed by atoms with Crippen LogP contribution in [0.15, 0.2) is 48.5 Å². The summed E-state index contributed by atoms with van der Waals surface area (Å²) in [6.45, 7) is 7.60. The Balaban J connectivity index is 1.81. The van der Waals surface area contributed by atoms with E-state index in [4.69, 9.17) is 4.74 Å². The highest BCUT2D eigenvalue weighted by Crippen LogP contribution is 2.25. The van der Waals surface area contributed by atoms with E-state index in [0.717, 1.165) is 35.8 Å². The van der Waals surface area contributed by atoms with Gasteiger partial charge in [-0.25, -0.2) is 0 Å². The molecule has 0 bridgehead atoms. The van der Waals surface area contributed by atoms with Gasteiger partial charge in [-0.15, -0.1) is 0 Å². The van der Waals surface area contributed by atoms with Crippen molar-refractivity contribution in [2.45, 2.75) is 52.7 Å². The Morgan fingerprint density at radius 1 is 0.846 bits per heavy atom. The van der Waals surface area contributed by atoms with Crippen molar-refractivity contribution in [3.8, 4) is 16.9 Å². The topological polar surface area (TPSA) is 49.7 Å². The summed E-state index contributed by atoms with van der Waals surface area (Å²) in [5.74, 6) is 2.36. The average molecular weight is 357 g/mol. The fourth-order valence-corrected chi connectivity index (χ4v) is 3.02.